The lowest BCUT2D eigenvalue weighted by Crippen LogP contribution is -2.05. The Hall–Kier alpha value is -3.72. The SMILES string of the molecule is CCc1ncnc2cc(OC)c(O)cc12.CCc1ncnc2cc(OC)c(OCC3CO3)cc12. The number of benzene rings is 2. The van der Waals surface area contributed by atoms with Gasteiger partial charge in [0.1, 0.15) is 25.4 Å². The summed E-state index contributed by atoms with van der Waals surface area (Å²) in [7, 11) is 3.15. The lowest BCUT2D eigenvalue weighted by molar-refractivity contribution is 0.252. The number of epoxide rings is 1. The molecule has 1 unspecified atom stereocenters. The van der Waals surface area contributed by atoms with Gasteiger partial charge in [-0.3, -0.25) is 0 Å². The van der Waals surface area contributed by atoms with Gasteiger partial charge in [-0.25, -0.2) is 19.9 Å². The summed E-state index contributed by atoms with van der Waals surface area (Å²) in [4.78, 5) is 16.9. The van der Waals surface area contributed by atoms with E-state index in [1.54, 1.807) is 25.6 Å². The molecule has 34 heavy (non-hydrogen) atoms. The first-order valence-electron chi connectivity index (χ1n) is 11.1. The molecule has 0 radical (unpaired) electrons. The fourth-order valence-corrected chi connectivity index (χ4v) is 3.59. The lowest BCUT2D eigenvalue weighted by Gasteiger charge is -2.12. The van der Waals surface area contributed by atoms with E-state index in [0.29, 0.717) is 18.1 Å². The summed E-state index contributed by atoms with van der Waals surface area (Å²) in [5.41, 5.74) is 3.60. The fourth-order valence-electron chi connectivity index (χ4n) is 3.59. The highest BCUT2D eigenvalue weighted by Crippen LogP contribution is 2.33. The van der Waals surface area contributed by atoms with Crippen LogP contribution in [0.4, 0.5) is 0 Å². The summed E-state index contributed by atoms with van der Waals surface area (Å²) in [6, 6.07) is 7.20. The molecule has 4 aromatic rings. The number of aromatic nitrogens is 4. The van der Waals surface area contributed by atoms with E-state index in [1.165, 1.54) is 13.4 Å². The Morgan fingerprint density at radius 2 is 1.38 bits per heavy atom. The number of phenolic OH excluding ortho intramolecular Hbond substituents is 1. The topological polar surface area (TPSA) is 112 Å². The van der Waals surface area contributed by atoms with Crippen LogP contribution in [0.3, 0.4) is 0 Å². The van der Waals surface area contributed by atoms with Gasteiger partial charge in [0.05, 0.1) is 43.2 Å². The van der Waals surface area contributed by atoms with Gasteiger partial charge in [-0.05, 0) is 25.0 Å². The van der Waals surface area contributed by atoms with E-state index in [4.69, 9.17) is 18.9 Å². The van der Waals surface area contributed by atoms with Crippen LogP contribution in [0, 0.1) is 0 Å². The summed E-state index contributed by atoms with van der Waals surface area (Å²) < 4.78 is 21.3. The summed E-state index contributed by atoms with van der Waals surface area (Å²) in [6.07, 6.45) is 5.00. The van der Waals surface area contributed by atoms with Gasteiger partial charge in [0, 0.05) is 22.9 Å². The Morgan fingerprint density at radius 3 is 1.91 bits per heavy atom. The molecule has 0 aliphatic carbocycles. The standard InChI is InChI=1S/C14H16N2O3.C11H12N2O2/c1-3-11-10-4-14(19-7-9-6-18-9)13(17-2)5-12(10)16-8-15-11;1-3-8-7-4-10(14)11(15-2)5-9(7)13-6-12-8/h4-5,8-9H,3,6-7H2,1-2H3;4-6,14H,3H2,1-2H3. The lowest BCUT2D eigenvalue weighted by atomic mass is 10.1. The van der Waals surface area contributed by atoms with Crippen LogP contribution in [0.2, 0.25) is 0 Å². The zero-order valence-electron chi connectivity index (χ0n) is 19.7. The van der Waals surface area contributed by atoms with Crippen LogP contribution in [-0.4, -0.2) is 58.6 Å². The van der Waals surface area contributed by atoms with Crippen molar-refractivity contribution in [1.29, 1.82) is 0 Å². The van der Waals surface area contributed by atoms with Crippen molar-refractivity contribution >= 4 is 21.8 Å². The molecule has 1 atom stereocenters. The van der Waals surface area contributed by atoms with Crippen molar-refractivity contribution in [3.63, 3.8) is 0 Å². The van der Waals surface area contributed by atoms with Crippen LogP contribution < -0.4 is 14.2 Å². The van der Waals surface area contributed by atoms with Crippen molar-refractivity contribution in [2.75, 3.05) is 27.4 Å². The molecule has 9 heteroatoms. The molecular weight excluding hydrogens is 436 g/mol. The highest BCUT2D eigenvalue weighted by molar-refractivity contribution is 5.85. The van der Waals surface area contributed by atoms with Crippen LogP contribution in [0.1, 0.15) is 25.2 Å². The van der Waals surface area contributed by atoms with Gasteiger partial charge in [-0.2, -0.15) is 0 Å². The second-order valence-electron chi connectivity index (χ2n) is 7.68. The van der Waals surface area contributed by atoms with E-state index < -0.39 is 0 Å². The number of aromatic hydroxyl groups is 1. The number of rotatable bonds is 7. The first-order valence-corrected chi connectivity index (χ1v) is 11.1. The van der Waals surface area contributed by atoms with Gasteiger partial charge in [0.15, 0.2) is 23.0 Å². The van der Waals surface area contributed by atoms with Crippen molar-refractivity contribution in [3.05, 3.63) is 48.3 Å². The van der Waals surface area contributed by atoms with E-state index in [1.807, 2.05) is 19.1 Å². The third-order valence-corrected chi connectivity index (χ3v) is 5.52. The highest BCUT2D eigenvalue weighted by Gasteiger charge is 2.24. The summed E-state index contributed by atoms with van der Waals surface area (Å²) in [5, 5.41) is 11.5. The molecule has 1 fully saturated rings. The Morgan fingerprint density at radius 1 is 0.824 bits per heavy atom. The van der Waals surface area contributed by atoms with E-state index in [-0.39, 0.29) is 11.9 Å². The Balaban J connectivity index is 0.000000166. The molecule has 1 aliphatic heterocycles. The van der Waals surface area contributed by atoms with Crippen molar-refractivity contribution in [2.45, 2.75) is 32.8 Å². The van der Waals surface area contributed by atoms with Crippen molar-refractivity contribution in [3.8, 4) is 23.0 Å². The molecule has 0 spiro atoms. The molecule has 0 amide bonds. The zero-order chi connectivity index (χ0) is 24.1. The smallest absolute Gasteiger partial charge is 0.162 e. The van der Waals surface area contributed by atoms with E-state index in [9.17, 15) is 5.11 Å². The van der Waals surface area contributed by atoms with E-state index in [2.05, 4.69) is 26.9 Å². The number of hydrogen-bond acceptors (Lipinski definition) is 9. The molecule has 0 bridgehead atoms. The number of aryl methyl sites for hydroxylation is 2. The minimum absolute atomic E-state index is 0.120. The molecule has 178 valence electrons. The fraction of sp³-hybridized carbons (Fsp3) is 0.360. The first-order chi connectivity index (χ1) is 16.6. The van der Waals surface area contributed by atoms with Crippen molar-refractivity contribution in [1.82, 2.24) is 19.9 Å². The highest BCUT2D eigenvalue weighted by atomic mass is 16.6. The number of phenols is 1. The number of fused-ring (bicyclic) bond motifs is 2. The number of ether oxygens (including phenoxy) is 4. The second kappa shape index (κ2) is 10.5. The normalized spacial score (nSPS) is 14.4. The molecule has 1 aliphatic rings. The third-order valence-electron chi connectivity index (χ3n) is 5.52. The molecule has 3 heterocycles. The molecule has 1 saturated heterocycles. The average molecular weight is 465 g/mol. The van der Waals surface area contributed by atoms with Gasteiger partial charge in [0.25, 0.3) is 0 Å². The molecule has 9 nitrogen and oxygen atoms in total. The molecule has 1 N–H and O–H groups in total. The largest absolute Gasteiger partial charge is 0.504 e. The molecular formula is C25H28N4O5. The van der Waals surface area contributed by atoms with Gasteiger partial charge in [0.2, 0.25) is 0 Å². The molecule has 0 saturated carbocycles. The Kier molecular flexibility index (Phi) is 7.22. The predicted molar refractivity (Wildman–Crippen MR) is 128 cm³/mol. The number of nitrogens with zero attached hydrogens (tertiary/aromatic N) is 4. The summed E-state index contributed by atoms with van der Waals surface area (Å²) >= 11 is 0. The van der Waals surface area contributed by atoms with Crippen LogP contribution >= 0.6 is 0 Å². The van der Waals surface area contributed by atoms with Gasteiger partial charge < -0.3 is 24.1 Å². The maximum absolute atomic E-state index is 9.65. The third kappa shape index (κ3) is 5.09. The zero-order valence-corrected chi connectivity index (χ0v) is 19.7. The van der Waals surface area contributed by atoms with Crippen molar-refractivity contribution < 1.29 is 24.1 Å². The van der Waals surface area contributed by atoms with E-state index in [0.717, 1.165) is 58.4 Å². The van der Waals surface area contributed by atoms with Crippen LogP contribution in [0.15, 0.2) is 36.9 Å². The first kappa shape index (κ1) is 23.4. The maximum Gasteiger partial charge on any atom is 0.162 e. The molecule has 2 aromatic heterocycles. The second-order valence-corrected chi connectivity index (χ2v) is 7.68. The van der Waals surface area contributed by atoms with Crippen molar-refractivity contribution in [2.24, 2.45) is 0 Å². The monoisotopic (exact) mass is 464 g/mol. The minimum Gasteiger partial charge on any atom is -0.504 e. The van der Waals surface area contributed by atoms with Crippen LogP contribution in [-0.2, 0) is 17.6 Å². The Labute approximate surface area is 197 Å². The molecule has 2 aromatic carbocycles. The quantitative estimate of drug-likeness (QED) is 0.407. The van der Waals surface area contributed by atoms with Gasteiger partial charge in [-0.15, -0.1) is 0 Å². The van der Waals surface area contributed by atoms with Crippen LogP contribution in [0.25, 0.3) is 21.8 Å². The Bertz CT molecular complexity index is 1290. The predicted octanol–water partition coefficient (Wildman–Crippen LogP) is 3.88. The summed E-state index contributed by atoms with van der Waals surface area (Å²) in [6.45, 7) is 5.42. The van der Waals surface area contributed by atoms with E-state index >= 15 is 0 Å². The van der Waals surface area contributed by atoms with Gasteiger partial charge in [-0.1, -0.05) is 13.8 Å². The molecule has 5 rings (SSSR count). The van der Waals surface area contributed by atoms with Gasteiger partial charge >= 0.3 is 0 Å². The van der Waals surface area contributed by atoms with Crippen LogP contribution in [0.5, 0.6) is 23.0 Å². The maximum atomic E-state index is 9.65. The number of hydrogen-bond donors (Lipinski definition) is 1. The summed E-state index contributed by atoms with van der Waals surface area (Å²) in [5.74, 6) is 1.96. The minimum atomic E-state index is 0.120. The number of methoxy groups -OCH3 is 2. The average Bonchev–Trinajstić information content (AvgIpc) is 3.70.